The third-order valence-corrected chi connectivity index (χ3v) is 4.60. The molecule has 0 bridgehead atoms. The number of carboxylic acid groups (broad SMARTS) is 1. The molecular formula is C9H13NO4S. The van der Waals surface area contributed by atoms with Crippen LogP contribution in [0.5, 0.6) is 0 Å². The summed E-state index contributed by atoms with van der Waals surface area (Å²) in [6.45, 7) is 1.96. The maximum Gasteiger partial charge on any atom is 0.312 e. The first-order valence-corrected chi connectivity index (χ1v) is 5.73. The summed E-state index contributed by atoms with van der Waals surface area (Å²) in [5.41, 5.74) is -0.824. The number of fused-ring (bicyclic) bond motifs is 1. The molecule has 2 saturated heterocycles. The number of nitrogens with zero attached hydrogens (tertiary/aromatic N) is 1. The van der Waals surface area contributed by atoms with Crippen molar-refractivity contribution in [2.45, 2.75) is 18.4 Å². The van der Waals surface area contributed by atoms with Gasteiger partial charge >= 0.3 is 5.97 Å². The van der Waals surface area contributed by atoms with Gasteiger partial charge in [0.2, 0.25) is 0 Å². The van der Waals surface area contributed by atoms with E-state index < -0.39 is 11.4 Å². The van der Waals surface area contributed by atoms with E-state index in [1.807, 2.05) is 0 Å². The zero-order valence-electron chi connectivity index (χ0n) is 8.60. The number of hydrogen-bond donors (Lipinski definition) is 1. The van der Waals surface area contributed by atoms with E-state index in [-0.39, 0.29) is 17.4 Å². The summed E-state index contributed by atoms with van der Waals surface area (Å²) in [6, 6.07) is 0. The van der Waals surface area contributed by atoms with Gasteiger partial charge < -0.3 is 14.7 Å². The first-order chi connectivity index (χ1) is 6.99. The zero-order chi connectivity index (χ0) is 11.2. The Bertz CT molecular complexity index is 321. The number of carbonyl (C=O) groups excluding carboxylic acids is 1. The number of ether oxygens (including phenoxy) is 1. The maximum atomic E-state index is 11.5. The van der Waals surface area contributed by atoms with E-state index in [1.54, 1.807) is 11.8 Å². The number of thioether (sulfide) groups is 1. The molecule has 3 atom stereocenters. The highest BCUT2D eigenvalue weighted by Gasteiger charge is 2.55. The molecule has 84 valence electrons. The average molecular weight is 231 g/mol. The van der Waals surface area contributed by atoms with Crippen molar-refractivity contribution in [2.75, 3.05) is 19.4 Å². The Hall–Kier alpha value is -0.750. The van der Waals surface area contributed by atoms with Gasteiger partial charge in [0.05, 0.1) is 5.41 Å². The molecule has 2 aliphatic heterocycles. The molecule has 2 fully saturated rings. The van der Waals surface area contributed by atoms with Crippen molar-refractivity contribution in [2.24, 2.45) is 5.41 Å². The number of amides is 1. The molecule has 0 aromatic heterocycles. The summed E-state index contributed by atoms with van der Waals surface area (Å²) in [5.74, 6) is -0.416. The fourth-order valence-electron chi connectivity index (χ4n) is 1.87. The van der Waals surface area contributed by atoms with E-state index in [4.69, 9.17) is 9.84 Å². The monoisotopic (exact) mass is 231 g/mol. The van der Waals surface area contributed by atoms with Crippen LogP contribution in [0.2, 0.25) is 0 Å². The van der Waals surface area contributed by atoms with E-state index in [2.05, 4.69) is 0 Å². The van der Waals surface area contributed by atoms with Gasteiger partial charge in [0.1, 0.15) is 5.37 Å². The Kier molecular flexibility index (Phi) is 2.42. The number of aliphatic carboxylic acids is 1. The third-order valence-electron chi connectivity index (χ3n) is 2.95. The molecule has 0 saturated carbocycles. The minimum Gasteiger partial charge on any atom is -0.481 e. The van der Waals surface area contributed by atoms with Gasteiger partial charge in [-0.1, -0.05) is 0 Å². The summed E-state index contributed by atoms with van der Waals surface area (Å²) >= 11 is 1.48. The van der Waals surface area contributed by atoms with Crippen LogP contribution in [0.25, 0.3) is 0 Å². The van der Waals surface area contributed by atoms with E-state index in [0.717, 1.165) is 0 Å². The molecule has 6 heteroatoms. The van der Waals surface area contributed by atoms with E-state index >= 15 is 0 Å². The number of carboxylic acids is 1. The van der Waals surface area contributed by atoms with Crippen LogP contribution in [0.4, 0.5) is 0 Å². The molecule has 0 spiro atoms. The smallest absolute Gasteiger partial charge is 0.312 e. The number of β-lactam (4-membered cyclic amide) rings is 1. The first kappa shape index (κ1) is 10.8. The van der Waals surface area contributed by atoms with Crippen LogP contribution in [0.3, 0.4) is 0 Å². The predicted molar refractivity (Wildman–Crippen MR) is 54.5 cm³/mol. The standard InChI is InChI=1S/C9H13NO4S/c1-9(8(12)13)3-10-6(11)5(14-2)7(10)15-4-9/h5,7H,3-4H2,1-2H3,(H,12,13)/t5?,7-,9?/m1/s1. The molecule has 2 heterocycles. The minimum absolute atomic E-state index is 0.00919. The van der Waals surface area contributed by atoms with Gasteiger partial charge in [-0.15, -0.1) is 11.8 Å². The van der Waals surface area contributed by atoms with Crippen LogP contribution in [-0.4, -0.2) is 52.8 Å². The van der Waals surface area contributed by atoms with Crippen molar-refractivity contribution in [1.82, 2.24) is 4.90 Å². The van der Waals surface area contributed by atoms with Crippen molar-refractivity contribution >= 4 is 23.6 Å². The highest BCUT2D eigenvalue weighted by atomic mass is 32.2. The normalized spacial score (nSPS) is 39.6. The highest BCUT2D eigenvalue weighted by molar-refractivity contribution is 8.00. The zero-order valence-corrected chi connectivity index (χ0v) is 9.41. The van der Waals surface area contributed by atoms with Gasteiger partial charge in [0, 0.05) is 19.4 Å². The summed E-state index contributed by atoms with van der Waals surface area (Å²) in [5, 5.41) is 9.06. The number of methoxy groups -OCH3 is 1. The van der Waals surface area contributed by atoms with Crippen LogP contribution in [0.15, 0.2) is 0 Å². The molecular weight excluding hydrogens is 218 g/mol. The fraction of sp³-hybridized carbons (Fsp3) is 0.778. The second-order valence-electron chi connectivity index (χ2n) is 4.19. The SMILES string of the molecule is COC1C(=O)N2CC(C)(C(=O)O)CS[C@H]12. The van der Waals surface area contributed by atoms with Gasteiger partial charge in [0.15, 0.2) is 6.10 Å². The fourth-order valence-corrected chi connectivity index (χ4v) is 3.39. The lowest BCUT2D eigenvalue weighted by Crippen LogP contribution is -2.69. The maximum absolute atomic E-state index is 11.5. The van der Waals surface area contributed by atoms with Gasteiger partial charge in [0.25, 0.3) is 5.91 Å². The van der Waals surface area contributed by atoms with Crippen LogP contribution in [-0.2, 0) is 14.3 Å². The number of carbonyl (C=O) groups is 2. The molecule has 15 heavy (non-hydrogen) atoms. The molecule has 1 amide bonds. The topological polar surface area (TPSA) is 66.8 Å². The van der Waals surface area contributed by atoms with Gasteiger partial charge in [-0.25, -0.2) is 0 Å². The first-order valence-electron chi connectivity index (χ1n) is 4.68. The Morgan fingerprint density at radius 2 is 2.40 bits per heavy atom. The number of rotatable bonds is 2. The van der Waals surface area contributed by atoms with Crippen LogP contribution >= 0.6 is 11.8 Å². The lowest BCUT2D eigenvalue weighted by atomic mass is 9.90. The lowest BCUT2D eigenvalue weighted by molar-refractivity contribution is -0.169. The average Bonchev–Trinajstić information content (AvgIpc) is 2.20. The second-order valence-corrected chi connectivity index (χ2v) is 5.29. The van der Waals surface area contributed by atoms with Gasteiger partial charge in [-0.05, 0) is 6.92 Å². The highest BCUT2D eigenvalue weighted by Crippen LogP contribution is 2.42. The molecule has 2 unspecified atom stereocenters. The Morgan fingerprint density at radius 1 is 1.73 bits per heavy atom. The van der Waals surface area contributed by atoms with Crippen molar-refractivity contribution in [3.8, 4) is 0 Å². The van der Waals surface area contributed by atoms with Crippen LogP contribution < -0.4 is 0 Å². The molecule has 0 aliphatic carbocycles. The number of hydrogen-bond acceptors (Lipinski definition) is 4. The van der Waals surface area contributed by atoms with Gasteiger partial charge in [-0.3, -0.25) is 9.59 Å². The van der Waals surface area contributed by atoms with Crippen molar-refractivity contribution in [1.29, 1.82) is 0 Å². The molecule has 0 aromatic carbocycles. The Morgan fingerprint density at radius 3 is 2.93 bits per heavy atom. The van der Waals surface area contributed by atoms with E-state index in [0.29, 0.717) is 12.3 Å². The van der Waals surface area contributed by atoms with Crippen molar-refractivity contribution < 1.29 is 19.4 Å². The molecule has 0 aromatic rings. The Balaban J connectivity index is 2.10. The molecule has 2 rings (SSSR count). The van der Waals surface area contributed by atoms with Crippen molar-refractivity contribution in [3.63, 3.8) is 0 Å². The second kappa shape index (κ2) is 3.38. The van der Waals surface area contributed by atoms with E-state index in [9.17, 15) is 9.59 Å². The van der Waals surface area contributed by atoms with Crippen LogP contribution in [0.1, 0.15) is 6.92 Å². The largest absolute Gasteiger partial charge is 0.481 e. The molecule has 0 radical (unpaired) electrons. The van der Waals surface area contributed by atoms with Gasteiger partial charge in [-0.2, -0.15) is 0 Å². The van der Waals surface area contributed by atoms with E-state index in [1.165, 1.54) is 18.9 Å². The lowest BCUT2D eigenvalue weighted by Gasteiger charge is -2.52. The Labute approximate surface area is 91.8 Å². The predicted octanol–water partition coefficient (Wildman–Crippen LogP) is 0.00740. The van der Waals surface area contributed by atoms with Crippen LogP contribution in [0, 0.1) is 5.41 Å². The quantitative estimate of drug-likeness (QED) is 0.678. The third kappa shape index (κ3) is 1.43. The van der Waals surface area contributed by atoms with Crippen molar-refractivity contribution in [3.05, 3.63) is 0 Å². The summed E-state index contributed by atoms with van der Waals surface area (Å²) in [6.07, 6.45) is -0.381. The molecule has 1 N–H and O–H groups in total. The minimum atomic E-state index is -0.845. The molecule has 5 nitrogen and oxygen atoms in total. The summed E-state index contributed by atoms with van der Waals surface area (Å²) < 4.78 is 5.04. The molecule has 2 aliphatic rings. The summed E-state index contributed by atoms with van der Waals surface area (Å²) in [7, 11) is 1.51. The summed E-state index contributed by atoms with van der Waals surface area (Å²) in [4.78, 5) is 24.2.